The predicted octanol–water partition coefficient (Wildman–Crippen LogP) is 3.87. The van der Waals surface area contributed by atoms with Crippen molar-refractivity contribution >= 4 is 52.8 Å². The fraction of sp³-hybridized carbons (Fsp3) is 0.0667. The number of nitrogens with one attached hydrogen (secondary N) is 2. The lowest BCUT2D eigenvalue weighted by Crippen LogP contribution is -2.11. The third-order valence-corrected chi connectivity index (χ3v) is 4.17. The van der Waals surface area contributed by atoms with Crippen molar-refractivity contribution in [3.8, 4) is 0 Å². The number of carbonyl (C=O) groups is 1. The van der Waals surface area contributed by atoms with E-state index in [0.29, 0.717) is 12.0 Å². The average Bonchev–Trinajstić information content (AvgIpc) is 2.97. The van der Waals surface area contributed by atoms with E-state index in [2.05, 4.69) is 15.3 Å². The highest BCUT2D eigenvalue weighted by atomic mass is 35.5. The van der Waals surface area contributed by atoms with Crippen molar-refractivity contribution in [2.75, 3.05) is 12.4 Å². The van der Waals surface area contributed by atoms with E-state index in [1.54, 1.807) is 7.05 Å². The van der Waals surface area contributed by atoms with Gasteiger partial charge in [0.25, 0.3) is 0 Å². The summed E-state index contributed by atoms with van der Waals surface area (Å²) in [5, 5.41) is 11.2. The summed E-state index contributed by atoms with van der Waals surface area (Å²) < 4.78 is 28.3. The quantitative estimate of drug-likeness (QED) is 0.517. The van der Waals surface area contributed by atoms with Gasteiger partial charge in [0.15, 0.2) is 24.3 Å². The lowest BCUT2D eigenvalue weighted by molar-refractivity contribution is 0.112. The molecule has 0 atom stereocenters. The van der Waals surface area contributed by atoms with Crippen molar-refractivity contribution in [1.82, 2.24) is 13.9 Å². The molecule has 0 saturated carbocycles. The van der Waals surface area contributed by atoms with Gasteiger partial charge in [-0.15, -0.1) is 3.89 Å². The van der Waals surface area contributed by atoms with E-state index in [9.17, 15) is 13.1 Å². The molecular formula is C15H10ClF2N5OS. The van der Waals surface area contributed by atoms with Gasteiger partial charge in [-0.1, -0.05) is 11.6 Å². The Morgan fingerprint density at radius 1 is 1.48 bits per heavy atom. The molecule has 0 fully saturated rings. The van der Waals surface area contributed by atoms with Gasteiger partial charge in [0.1, 0.15) is 17.0 Å². The number of fused-ring (bicyclic) bond motifs is 1. The van der Waals surface area contributed by atoms with Crippen LogP contribution in [0.2, 0.25) is 5.02 Å². The van der Waals surface area contributed by atoms with Crippen LogP contribution in [0.5, 0.6) is 0 Å². The van der Waals surface area contributed by atoms with Crippen LogP contribution in [0.25, 0.3) is 11.2 Å². The Hall–Kier alpha value is -2.52. The maximum absolute atomic E-state index is 14.3. The number of benzene rings is 1. The molecule has 2 N–H and O–H groups in total. The summed E-state index contributed by atoms with van der Waals surface area (Å²) in [6.07, 6.45) is 2.98. The number of aromatic nitrogens is 3. The van der Waals surface area contributed by atoms with E-state index in [4.69, 9.17) is 17.0 Å². The molecule has 3 aromatic rings. The molecule has 2 aromatic heterocycles. The molecule has 0 bridgehead atoms. The summed E-state index contributed by atoms with van der Waals surface area (Å²) in [6, 6.07) is 2.57. The molecule has 128 valence electrons. The molecule has 0 aliphatic carbocycles. The fourth-order valence-electron chi connectivity index (χ4n) is 2.40. The Bertz CT molecular complexity index is 1010. The van der Waals surface area contributed by atoms with Crippen LogP contribution in [-0.4, -0.2) is 33.0 Å². The van der Waals surface area contributed by atoms with Crippen LogP contribution in [0.3, 0.4) is 0 Å². The maximum Gasteiger partial charge on any atom is 0.171 e. The molecule has 2 heterocycles. The Morgan fingerprint density at radius 3 is 2.88 bits per heavy atom. The zero-order chi connectivity index (χ0) is 18.1. The van der Waals surface area contributed by atoms with Crippen LogP contribution < -0.4 is 5.32 Å². The first-order valence-corrected chi connectivity index (χ1v) is 7.93. The lowest BCUT2D eigenvalue weighted by atomic mass is 10.0. The first kappa shape index (κ1) is 17.3. The number of rotatable bonds is 5. The van der Waals surface area contributed by atoms with Gasteiger partial charge in [0.2, 0.25) is 0 Å². The van der Waals surface area contributed by atoms with E-state index < -0.39 is 5.82 Å². The number of halogens is 3. The fourth-order valence-corrected chi connectivity index (χ4v) is 2.96. The monoisotopic (exact) mass is 381 g/mol. The predicted molar refractivity (Wildman–Crippen MR) is 93.9 cm³/mol. The van der Waals surface area contributed by atoms with Gasteiger partial charge in [0.05, 0.1) is 23.0 Å². The third kappa shape index (κ3) is 2.96. The van der Waals surface area contributed by atoms with Gasteiger partial charge in [0, 0.05) is 24.0 Å². The van der Waals surface area contributed by atoms with Crippen molar-refractivity contribution in [3.63, 3.8) is 0 Å². The average molecular weight is 382 g/mol. The minimum Gasteiger partial charge on any atom is -0.387 e. The van der Waals surface area contributed by atoms with Crippen molar-refractivity contribution in [2.24, 2.45) is 0 Å². The highest BCUT2D eigenvalue weighted by Gasteiger charge is 2.20. The third-order valence-electron chi connectivity index (χ3n) is 3.52. The van der Waals surface area contributed by atoms with Crippen LogP contribution in [0.1, 0.15) is 21.6 Å². The SMILES string of the molecule is CNc1cc(Cl)cc(F)c1C(=N)c1cnc2c(n1)c(C=O)cn2SF. The summed E-state index contributed by atoms with van der Waals surface area (Å²) in [6.45, 7) is 0. The smallest absolute Gasteiger partial charge is 0.171 e. The first-order chi connectivity index (χ1) is 12.0. The standard InChI is InChI=1S/C15H10ClF2N5OS/c1-20-10-3-8(16)2-9(17)12(10)13(19)11-4-21-15-14(22-11)7(6-24)5-23(15)25-18/h2-6,19-20H,1H3. The molecule has 0 radical (unpaired) electrons. The van der Waals surface area contributed by atoms with Crippen molar-refractivity contribution in [3.05, 3.63) is 52.2 Å². The van der Waals surface area contributed by atoms with Gasteiger partial charge in [-0.25, -0.2) is 18.3 Å². The van der Waals surface area contributed by atoms with Crippen LogP contribution in [0.15, 0.2) is 24.5 Å². The van der Waals surface area contributed by atoms with Gasteiger partial charge < -0.3 is 5.32 Å². The van der Waals surface area contributed by atoms with Gasteiger partial charge in [-0.3, -0.25) is 10.2 Å². The molecule has 10 heteroatoms. The van der Waals surface area contributed by atoms with Crippen LogP contribution in [-0.2, 0) is 0 Å². The summed E-state index contributed by atoms with van der Waals surface area (Å²) in [5.41, 5.74) is 0.448. The zero-order valence-corrected chi connectivity index (χ0v) is 14.3. The molecule has 0 unspecified atom stereocenters. The molecule has 6 nitrogen and oxygen atoms in total. The second kappa shape index (κ2) is 6.77. The van der Waals surface area contributed by atoms with Crippen molar-refractivity contribution in [1.29, 1.82) is 5.41 Å². The van der Waals surface area contributed by atoms with Crippen molar-refractivity contribution < 1.29 is 13.1 Å². The number of carbonyl (C=O) groups excluding carboxylic acids is 1. The Labute approximate surface area is 150 Å². The number of anilines is 1. The van der Waals surface area contributed by atoms with Gasteiger partial charge in [-0.05, 0) is 12.1 Å². The Balaban J connectivity index is 2.17. The number of hydrogen-bond donors (Lipinski definition) is 2. The van der Waals surface area contributed by atoms with Crippen molar-refractivity contribution in [2.45, 2.75) is 0 Å². The molecule has 0 aliphatic heterocycles. The molecule has 25 heavy (non-hydrogen) atoms. The van der Waals surface area contributed by atoms with Crippen LogP contribution >= 0.6 is 23.9 Å². The number of hydrogen-bond acceptors (Lipinski definition) is 6. The molecule has 1 aromatic carbocycles. The Kier molecular flexibility index (Phi) is 4.69. The van der Waals surface area contributed by atoms with Crippen LogP contribution in [0.4, 0.5) is 14.0 Å². The van der Waals surface area contributed by atoms with E-state index in [-0.39, 0.29) is 51.1 Å². The highest BCUT2D eigenvalue weighted by Crippen LogP contribution is 2.27. The second-order valence-electron chi connectivity index (χ2n) is 4.96. The molecule has 0 saturated heterocycles. The van der Waals surface area contributed by atoms with Gasteiger partial charge >= 0.3 is 0 Å². The summed E-state index contributed by atoms with van der Waals surface area (Å²) >= 11 is 5.70. The second-order valence-corrected chi connectivity index (χ2v) is 5.93. The maximum atomic E-state index is 14.3. The molecule has 0 spiro atoms. The molecule has 0 aliphatic rings. The van der Waals surface area contributed by atoms with Gasteiger partial charge in [-0.2, -0.15) is 0 Å². The largest absolute Gasteiger partial charge is 0.387 e. The zero-order valence-electron chi connectivity index (χ0n) is 12.7. The number of nitrogens with zero attached hydrogens (tertiary/aromatic N) is 3. The molecule has 3 rings (SSSR count). The highest BCUT2D eigenvalue weighted by molar-refractivity contribution is 7.92. The summed E-state index contributed by atoms with van der Waals surface area (Å²) in [7, 11) is 1.57. The minimum atomic E-state index is -0.698. The van der Waals surface area contributed by atoms with E-state index in [0.717, 1.165) is 10.0 Å². The minimum absolute atomic E-state index is 0.0347. The van der Waals surface area contributed by atoms with E-state index >= 15 is 0 Å². The van der Waals surface area contributed by atoms with E-state index in [1.807, 2.05) is 0 Å². The first-order valence-electron chi connectivity index (χ1n) is 6.88. The van der Waals surface area contributed by atoms with Crippen LogP contribution in [0, 0.1) is 11.2 Å². The summed E-state index contributed by atoms with van der Waals surface area (Å²) in [4.78, 5) is 19.4. The van der Waals surface area contributed by atoms with E-state index in [1.165, 1.54) is 18.5 Å². The number of aldehydes is 1. The summed E-state index contributed by atoms with van der Waals surface area (Å²) in [5.74, 6) is -0.698. The molecule has 0 amide bonds. The molecular weight excluding hydrogens is 372 g/mol. The normalized spacial score (nSPS) is 10.9. The Morgan fingerprint density at radius 2 is 2.24 bits per heavy atom. The lowest BCUT2D eigenvalue weighted by Gasteiger charge is -2.12. The topological polar surface area (TPSA) is 83.7 Å².